The van der Waals surface area contributed by atoms with Crippen molar-refractivity contribution < 1.29 is 4.79 Å². The molecule has 108 valence electrons. The van der Waals surface area contributed by atoms with E-state index >= 15 is 0 Å². The molecule has 0 bridgehead atoms. The minimum absolute atomic E-state index is 0.00719. The first-order chi connectivity index (χ1) is 10.1. The van der Waals surface area contributed by atoms with Crippen molar-refractivity contribution in [3.8, 4) is 0 Å². The lowest BCUT2D eigenvalue weighted by Gasteiger charge is -2.15. The summed E-state index contributed by atoms with van der Waals surface area (Å²) in [4.78, 5) is 12.2. The Morgan fingerprint density at radius 1 is 1.10 bits per heavy atom. The second-order valence-corrected chi connectivity index (χ2v) is 5.89. The van der Waals surface area contributed by atoms with Crippen LogP contribution in [0.5, 0.6) is 0 Å². The number of allylic oxidation sites excluding steroid dienone is 2. The molecule has 0 aromatic heterocycles. The molecule has 0 aliphatic rings. The summed E-state index contributed by atoms with van der Waals surface area (Å²) in [5.41, 5.74) is 2.74. The molecule has 0 unspecified atom stereocenters. The normalized spacial score (nSPS) is 12.8. The Kier molecular flexibility index (Phi) is 5.34. The van der Waals surface area contributed by atoms with Crippen molar-refractivity contribution in [3.05, 3.63) is 82.0 Å². The van der Waals surface area contributed by atoms with Gasteiger partial charge in [-0.1, -0.05) is 46.3 Å². The monoisotopic (exact) mass is 343 g/mol. The molecule has 2 nitrogen and oxygen atoms in total. The van der Waals surface area contributed by atoms with Crippen LogP contribution < -0.4 is 5.32 Å². The van der Waals surface area contributed by atoms with Crippen molar-refractivity contribution in [2.75, 3.05) is 0 Å². The van der Waals surface area contributed by atoms with E-state index in [2.05, 4.69) is 40.3 Å². The highest BCUT2D eigenvalue weighted by atomic mass is 79.9. The fraction of sp³-hybridized carbons (Fsp3) is 0.167. The highest BCUT2D eigenvalue weighted by Gasteiger charge is 2.06. The third-order valence-corrected chi connectivity index (χ3v) is 3.75. The maximum atomic E-state index is 12.2. The van der Waals surface area contributed by atoms with Crippen LogP contribution in [0.15, 0.2) is 70.8 Å². The smallest absolute Gasteiger partial charge is 0.187 e. The first-order valence-electron chi connectivity index (χ1n) is 6.86. The van der Waals surface area contributed by atoms with Gasteiger partial charge < -0.3 is 5.32 Å². The Labute approximate surface area is 134 Å². The van der Waals surface area contributed by atoms with Crippen LogP contribution in [0.25, 0.3) is 0 Å². The van der Waals surface area contributed by atoms with Crippen LogP contribution in [0.4, 0.5) is 0 Å². The number of nitrogens with one attached hydrogen (secondary N) is 1. The van der Waals surface area contributed by atoms with Gasteiger partial charge >= 0.3 is 0 Å². The molecular formula is C18H18BrNO. The number of benzene rings is 2. The van der Waals surface area contributed by atoms with E-state index in [1.165, 1.54) is 5.56 Å². The van der Waals surface area contributed by atoms with Gasteiger partial charge in [0, 0.05) is 27.9 Å². The van der Waals surface area contributed by atoms with E-state index in [9.17, 15) is 4.79 Å². The van der Waals surface area contributed by atoms with Crippen LogP contribution in [-0.4, -0.2) is 5.78 Å². The molecule has 0 saturated heterocycles. The van der Waals surface area contributed by atoms with Gasteiger partial charge in [0.25, 0.3) is 0 Å². The quantitative estimate of drug-likeness (QED) is 0.618. The zero-order valence-electron chi connectivity index (χ0n) is 12.1. The molecule has 0 spiro atoms. The van der Waals surface area contributed by atoms with E-state index in [4.69, 9.17) is 0 Å². The fourth-order valence-electron chi connectivity index (χ4n) is 2.10. The van der Waals surface area contributed by atoms with Gasteiger partial charge in [0.1, 0.15) is 0 Å². The molecule has 2 aromatic rings. The lowest BCUT2D eigenvalue weighted by atomic mass is 10.1. The first-order valence-corrected chi connectivity index (χ1v) is 7.65. The van der Waals surface area contributed by atoms with E-state index < -0.39 is 0 Å². The van der Waals surface area contributed by atoms with Crippen LogP contribution >= 0.6 is 15.9 Å². The molecule has 3 heteroatoms. The summed E-state index contributed by atoms with van der Waals surface area (Å²) in [5.74, 6) is 0.00719. The van der Waals surface area contributed by atoms with Crippen molar-refractivity contribution in [2.45, 2.75) is 19.9 Å². The maximum Gasteiger partial charge on any atom is 0.187 e. The SMILES string of the molecule is C/C(=C\C(=O)c1ccc(Br)cc1)N[C@H](C)c1ccccc1. The van der Waals surface area contributed by atoms with E-state index in [0.29, 0.717) is 5.56 Å². The molecule has 0 saturated carbocycles. The number of hydrogen-bond donors (Lipinski definition) is 1. The lowest BCUT2D eigenvalue weighted by Crippen LogP contribution is -2.17. The van der Waals surface area contributed by atoms with Gasteiger partial charge in [-0.2, -0.15) is 0 Å². The number of rotatable bonds is 5. The van der Waals surface area contributed by atoms with E-state index in [-0.39, 0.29) is 11.8 Å². The van der Waals surface area contributed by atoms with Crippen LogP contribution in [0, 0.1) is 0 Å². The Morgan fingerprint density at radius 2 is 1.71 bits per heavy atom. The molecular weight excluding hydrogens is 326 g/mol. The van der Waals surface area contributed by atoms with Crippen LogP contribution in [0.2, 0.25) is 0 Å². The van der Waals surface area contributed by atoms with E-state index in [0.717, 1.165) is 10.2 Å². The molecule has 2 aromatic carbocycles. The van der Waals surface area contributed by atoms with Gasteiger partial charge in [0.05, 0.1) is 0 Å². The average molecular weight is 344 g/mol. The summed E-state index contributed by atoms with van der Waals surface area (Å²) in [6, 6.07) is 17.7. The lowest BCUT2D eigenvalue weighted by molar-refractivity contribution is 0.104. The van der Waals surface area contributed by atoms with Gasteiger partial charge in [-0.3, -0.25) is 4.79 Å². The van der Waals surface area contributed by atoms with Crippen molar-refractivity contribution in [3.63, 3.8) is 0 Å². The maximum absolute atomic E-state index is 12.2. The summed E-state index contributed by atoms with van der Waals surface area (Å²) in [6.45, 7) is 3.99. The second-order valence-electron chi connectivity index (χ2n) is 4.98. The predicted molar refractivity (Wildman–Crippen MR) is 90.2 cm³/mol. The van der Waals surface area contributed by atoms with Crippen LogP contribution in [-0.2, 0) is 0 Å². The summed E-state index contributed by atoms with van der Waals surface area (Å²) in [7, 11) is 0. The van der Waals surface area contributed by atoms with Gasteiger partial charge in [0.15, 0.2) is 5.78 Å². The molecule has 21 heavy (non-hydrogen) atoms. The van der Waals surface area contributed by atoms with Gasteiger partial charge in [-0.05, 0) is 43.7 Å². The average Bonchev–Trinajstić information content (AvgIpc) is 2.48. The van der Waals surface area contributed by atoms with Crippen molar-refractivity contribution in [1.29, 1.82) is 0 Å². The first kappa shape index (κ1) is 15.5. The van der Waals surface area contributed by atoms with Crippen molar-refractivity contribution in [1.82, 2.24) is 5.32 Å². The summed E-state index contributed by atoms with van der Waals surface area (Å²) < 4.78 is 0.968. The van der Waals surface area contributed by atoms with Gasteiger partial charge in [-0.25, -0.2) is 0 Å². The molecule has 0 fully saturated rings. The Balaban J connectivity index is 2.04. The number of ketones is 1. The largest absolute Gasteiger partial charge is 0.382 e. The highest BCUT2D eigenvalue weighted by Crippen LogP contribution is 2.14. The van der Waals surface area contributed by atoms with Crippen molar-refractivity contribution >= 4 is 21.7 Å². The Morgan fingerprint density at radius 3 is 2.33 bits per heavy atom. The van der Waals surface area contributed by atoms with Crippen LogP contribution in [0.3, 0.4) is 0 Å². The number of carbonyl (C=O) groups is 1. The van der Waals surface area contributed by atoms with Crippen molar-refractivity contribution in [2.24, 2.45) is 0 Å². The highest BCUT2D eigenvalue weighted by molar-refractivity contribution is 9.10. The molecule has 0 aliphatic carbocycles. The summed E-state index contributed by atoms with van der Waals surface area (Å²) in [5, 5.41) is 3.34. The fourth-order valence-corrected chi connectivity index (χ4v) is 2.37. The third kappa shape index (κ3) is 4.57. The molecule has 2 rings (SSSR count). The van der Waals surface area contributed by atoms with E-state index in [1.807, 2.05) is 49.4 Å². The number of hydrogen-bond acceptors (Lipinski definition) is 2. The van der Waals surface area contributed by atoms with Crippen LogP contribution in [0.1, 0.15) is 35.8 Å². The minimum atomic E-state index is 0.00719. The topological polar surface area (TPSA) is 29.1 Å². The molecule has 1 N–H and O–H groups in total. The Bertz CT molecular complexity index is 632. The molecule has 0 amide bonds. The minimum Gasteiger partial charge on any atom is -0.382 e. The molecule has 1 atom stereocenters. The Hall–Kier alpha value is -1.87. The van der Waals surface area contributed by atoms with Gasteiger partial charge in [0.2, 0.25) is 0 Å². The summed E-state index contributed by atoms with van der Waals surface area (Å²) >= 11 is 3.36. The zero-order valence-corrected chi connectivity index (χ0v) is 13.7. The third-order valence-electron chi connectivity index (χ3n) is 3.22. The molecule has 0 radical (unpaired) electrons. The molecule has 0 aliphatic heterocycles. The summed E-state index contributed by atoms with van der Waals surface area (Å²) in [6.07, 6.45) is 1.64. The predicted octanol–water partition coefficient (Wildman–Crippen LogP) is 4.89. The van der Waals surface area contributed by atoms with E-state index in [1.54, 1.807) is 6.08 Å². The number of halogens is 1. The number of carbonyl (C=O) groups excluding carboxylic acids is 1. The second kappa shape index (κ2) is 7.23. The zero-order chi connectivity index (χ0) is 15.2. The molecule has 0 heterocycles. The van der Waals surface area contributed by atoms with Gasteiger partial charge in [-0.15, -0.1) is 0 Å². The standard InChI is InChI=1S/C18H18BrNO/c1-13(20-14(2)15-6-4-3-5-7-15)12-18(21)16-8-10-17(19)11-9-16/h3-12,14,20H,1-2H3/b13-12+/t14-/m1/s1.